The molecule has 6 fully saturated rings. The molecule has 0 aliphatic carbocycles. The van der Waals surface area contributed by atoms with Gasteiger partial charge in [-0.2, -0.15) is 0 Å². The van der Waals surface area contributed by atoms with Crippen LogP contribution in [0.25, 0.3) is 0 Å². The number of urea groups is 2. The lowest BCUT2D eigenvalue weighted by atomic mass is 9.78. The number of carboxylic acids is 1. The van der Waals surface area contributed by atoms with E-state index in [-0.39, 0.29) is 24.0 Å². The van der Waals surface area contributed by atoms with E-state index in [4.69, 9.17) is 5.11 Å². The molecule has 6 aliphatic rings. The number of likely N-dealkylation sites (tertiary alicyclic amines) is 2. The van der Waals surface area contributed by atoms with Crippen molar-refractivity contribution in [3.05, 3.63) is 73.6 Å². The number of hydrogen-bond donors (Lipinski definition) is 5. The molecule has 0 aromatic carbocycles. The van der Waals surface area contributed by atoms with Crippen molar-refractivity contribution in [3.63, 3.8) is 0 Å². The van der Waals surface area contributed by atoms with Crippen LogP contribution in [0.1, 0.15) is 85.0 Å². The highest BCUT2D eigenvalue weighted by molar-refractivity contribution is 5.80. The van der Waals surface area contributed by atoms with Crippen molar-refractivity contribution in [1.29, 1.82) is 0 Å². The summed E-state index contributed by atoms with van der Waals surface area (Å²) in [6, 6.07) is 12.3. The van der Waals surface area contributed by atoms with Gasteiger partial charge in [-0.25, -0.2) is 14.4 Å². The Bertz CT molecular complexity index is 1970. The first-order chi connectivity index (χ1) is 33.4. The van der Waals surface area contributed by atoms with E-state index in [0.29, 0.717) is 30.5 Å². The second-order valence-corrected chi connectivity index (χ2v) is 19.2. The molecule has 0 atom stereocenters. The number of rotatable bonds is 6. The van der Waals surface area contributed by atoms with Gasteiger partial charge in [0.25, 0.3) is 0 Å². The van der Waals surface area contributed by atoms with Crippen molar-refractivity contribution >= 4 is 41.2 Å². The number of aromatic nitrogens is 3. The summed E-state index contributed by atoms with van der Waals surface area (Å²) in [6.45, 7) is 18.9. The van der Waals surface area contributed by atoms with E-state index >= 15 is 0 Å². The van der Waals surface area contributed by atoms with Gasteiger partial charge in [0.05, 0.1) is 7.11 Å². The summed E-state index contributed by atoms with van der Waals surface area (Å²) in [6.07, 6.45) is 22.6. The van der Waals surface area contributed by atoms with E-state index in [1.54, 1.807) is 4.90 Å². The molecule has 69 heavy (non-hydrogen) atoms. The summed E-state index contributed by atoms with van der Waals surface area (Å²) in [5, 5.41) is 19.7. The number of alkyl carbamates (subject to hydrolysis) is 1. The number of piperidine rings is 3. The van der Waals surface area contributed by atoms with Gasteiger partial charge < -0.3 is 55.6 Å². The van der Waals surface area contributed by atoms with Crippen LogP contribution >= 0.6 is 0 Å². The van der Waals surface area contributed by atoms with E-state index in [2.05, 4.69) is 93.8 Å². The monoisotopic (exact) mass is 957 g/mol. The predicted molar refractivity (Wildman–Crippen MR) is 272 cm³/mol. The third-order valence-electron chi connectivity index (χ3n) is 14.4. The minimum Gasteiger partial charge on any atom is -0.480 e. The summed E-state index contributed by atoms with van der Waals surface area (Å²) in [4.78, 5) is 67.5. The highest BCUT2D eigenvalue weighted by Crippen LogP contribution is 2.43. The molecule has 6 aliphatic heterocycles. The van der Waals surface area contributed by atoms with Crippen LogP contribution in [0, 0.1) is 16.2 Å². The largest absolute Gasteiger partial charge is 0.480 e. The zero-order valence-corrected chi connectivity index (χ0v) is 42.0. The van der Waals surface area contributed by atoms with E-state index in [0.717, 1.165) is 71.4 Å². The highest BCUT2D eigenvalue weighted by atomic mass is 16.5. The lowest BCUT2D eigenvalue weighted by Gasteiger charge is -2.39. The number of nitrogens with one attached hydrogen (secondary N) is 4. The van der Waals surface area contributed by atoms with Gasteiger partial charge in [0.2, 0.25) is 0 Å². The maximum Gasteiger partial charge on any atom is 0.406 e. The van der Waals surface area contributed by atoms with Crippen LogP contribution in [0.5, 0.6) is 0 Å². The molecule has 380 valence electrons. The van der Waals surface area contributed by atoms with Gasteiger partial charge in [0.15, 0.2) is 0 Å². The van der Waals surface area contributed by atoms with E-state index < -0.39 is 12.1 Å². The number of methoxy groups -OCH3 is 1. The van der Waals surface area contributed by atoms with Crippen LogP contribution in [0.2, 0.25) is 0 Å². The number of carboxylic acid groups (broad SMARTS) is 1. The molecule has 18 heteroatoms. The Hall–Kier alpha value is -5.91. The molecule has 0 bridgehead atoms. The summed E-state index contributed by atoms with van der Waals surface area (Å²) in [5.74, 6) is -1.02. The first-order valence-corrected chi connectivity index (χ1v) is 25.1. The van der Waals surface area contributed by atoms with Crippen LogP contribution in [-0.4, -0.2) is 160 Å². The molecule has 6 saturated heterocycles. The number of carbonyl (C=O) groups excluding carboxylic acids is 3. The molecule has 9 rings (SSSR count). The third-order valence-corrected chi connectivity index (χ3v) is 14.4. The van der Waals surface area contributed by atoms with Gasteiger partial charge in [-0.15, -0.1) is 0 Å². The molecule has 3 aromatic heterocycles. The number of carbonyl (C=O) groups is 4. The molecule has 3 aromatic rings. The number of amides is 5. The van der Waals surface area contributed by atoms with E-state index in [9.17, 15) is 19.2 Å². The Morgan fingerprint density at radius 2 is 0.913 bits per heavy atom. The van der Waals surface area contributed by atoms with Crippen LogP contribution in [0.3, 0.4) is 0 Å². The molecular weight excluding hydrogens is 877 g/mol. The highest BCUT2D eigenvalue weighted by Gasteiger charge is 2.43. The predicted octanol–water partition coefficient (Wildman–Crippen LogP) is 6.32. The van der Waals surface area contributed by atoms with Crippen molar-refractivity contribution in [2.24, 2.45) is 16.2 Å². The van der Waals surface area contributed by atoms with Crippen molar-refractivity contribution in [3.8, 4) is 0 Å². The maximum atomic E-state index is 11.9. The first kappa shape index (κ1) is 54.0. The number of ether oxygens (including phenoxy) is 1. The Kier molecular flexibility index (Phi) is 21.4. The molecule has 0 saturated carbocycles. The van der Waals surface area contributed by atoms with Crippen molar-refractivity contribution < 1.29 is 29.0 Å². The average Bonchev–Trinajstić information content (AvgIpc) is 4.13. The fraction of sp³-hybridized carbons (Fsp3) is 0.627. The van der Waals surface area contributed by atoms with Gasteiger partial charge in [0.1, 0.15) is 6.54 Å². The van der Waals surface area contributed by atoms with Crippen LogP contribution in [0.4, 0.5) is 31.4 Å². The molecule has 3 spiro atoms. The first-order valence-electron chi connectivity index (χ1n) is 25.1. The smallest absolute Gasteiger partial charge is 0.406 e. The summed E-state index contributed by atoms with van der Waals surface area (Å²) >= 11 is 0. The van der Waals surface area contributed by atoms with Crippen LogP contribution in [-0.2, 0) is 9.53 Å². The molecule has 0 unspecified atom stereocenters. The number of anilines is 3. The standard InChI is InChI=1S/C16H22N4O3.C16H24N4O.C13H19N3.C3H7NO2.C3H8/c21-14(22)11-18-15(23)19-8-3-16(4-9-19)5-10-20(12-16)13-1-6-17-7-2-13;1-2-18-15(21)19-10-5-16(6-11-19)7-12-20(13-16)14-3-8-17-9-4-14;1-6-14-7-2-12(1)16-10-5-13(11-16)3-8-15-9-4-13;1-4-3(5)6-2;1-3-2/h1-2,6-7H,3-5,8-12H2,(H,18,23)(H,21,22);3-4,8-9H,2,5-7,10-13H2,1H3,(H,18,21);1-2,6-7,15H,3-5,8-11H2;1-2H3,(H,4,5);3H2,1-2H3. The Labute approximate surface area is 410 Å². The van der Waals surface area contributed by atoms with Crippen molar-refractivity contribution in [1.82, 2.24) is 46.0 Å². The van der Waals surface area contributed by atoms with Crippen molar-refractivity contribution in [2.45, 2.75) is 85.0 Å². The van der Waals surface area contributed by atoms with Gasteiger partial charge >= 0.3 is 24.1 Å². The SMILES string of the molecule is CCC.CCNC(=O)N1CCC2(CC1)CCN(c1ccncc1)C2.CNC(=O)OC.O=C(O)CNC(=O)N1CCC2(CC1)CCN(c1ccncc1)C2.c1cc(N2CCC3(CCNCC3)C2)ccn1. The van der Waals surface area contributed by atoms with Crippen molar-refractivity contribution in [2.75, 3.05) is 120 Å². The zero-order chi connectivity index (χ0) is 49.5. The Morgan fingerprint density at radius 3 is 1.22 bits per heavy atom. The number of hydrogen-bond acceptors (Lipinski definition) is 12. The molecular formula is C51H80N12O6. The quantitative estimate of drug-likeness (QED) is 0.184. The molecule has 9 heterocycles. The fourth-order valence-electron chi connectivity index (χ4n) is 10.3. The lowest BCUT2D eigenvalue weighted by Crippen LogP contribution is -2.48. The normalized spacial score (nSPS) is 19.3. The van der Waals surface area contributed by atoms with Crippen LogP contribution in [0.15, 0.2) is 73.6 Å². The molecule has 18 nitrogen and oxygen atoms in total. The average molecular weight is 957 g/mol. The summed E-state index contributed by atoms with van der Waals surface area (Å²) < 4.78 is 4.15. The van der Waals surface area contributed by atoms with Gasteiger partial charge in [0, 0.05) is 133 Å². The van der Waals surface area contributed by atoms with Gasteiger partial charge in [-0.1, -0.05) is 20.3 Å². The number of pyridine rings is 3. The van der Waals surface area contributed by atoms with Gasteiger partial charge in [-0.3, -0.25) is 19.7 Å². The van der Waals surface area contributed by atoms with E-state index in [1.165, 1.54) is 89.5 Å². The Morgan fingerprint density at radius 1 is 0.580 bits per heavy atom. The third kappa shape index (κ3) is 16.4. The summed E-state index contributed by atoms with van der Waals surface area (Å²) in [7, 11) is 2.82. The fourth-order valence-corrected chi connectivity index (χ4v) is 10.3. The minimum atomic E-state index is -1.02. The maximum absolute atomic E-state index is 11.9. The molecule has 5 amide bonds. The topological polar surface area (TPSA) is 201 Å². The van der Waals surface area contributed by atoms with Gasteiger partial charge in [-0.05, 0) is 130 Å². The van der Waals surface area contributed by atoms with Crippen LogP contribution < -0.4 is 36.0 Å². The number of aliphatic carboxylic acids is 1. The zero-order valence-electron chi connectivity index (χ0n) is 42.0. The molecule has 5 N–H and O–H groups in total. The second kappa shape index (κ2) is 27.3. The van der Waals surface area contributed by atoms with E-state index in [1.807, 2.05) is 61.1 Å². The lowest BCUT2D eigenvalue weighted by molar-refractivity contribution is -0.135. The minimum absolute atomic E-state index is 0.0938. The Balaban J connectivity index is 0.000000179. The summed E-state index contributed by atoms with van der Waals surface area (Å²) in [5.41, 5.74) is 5.07. The number of nitrogens with zero attached hydrogens (tertiary/aromatic N) is 8. The second-order valence-electron chi connectivity index (χ2n) is 19.2. The molecule has 0 radical (unpaired) electrons.